The highest BCUT2D eigenvalue weighted by atomic mass is 19.1. The number of ether oxygens (including phenoxy) is 1. The smallest absolute Gasteiger partial charge is 0.301 e. The molecule has 4 amide bonds. The molecule has 3 saturated heterocycles. The van der Waals surface area contributed by atoms with Crippen molar-refractivity contribution >= 4 is 96.5 Å². The van der Waals surface area contributed by atoms with Crippen LogP contribution in [0.25, 0.3) is 83.9 Å². The molecule has 0 bridgehead atoms. The lowest BCUT2D eigenvalue weighted by atomic mass is 9.91. The summed E-state index contributed by atoms with van der Waals surface area (Å²) in [7, 11) is 1.49. The van der Waals surface area contributed by atoms with Crippen molar-refractivity contribution in [3.63, 3.8) is 0 Å². The third kappa shape index (κ3) is 15.3. The zero-order valence-corrected chi connectivity index (χ0v) is 75.4. The van der Waals surface area contributed by atoms with E-state index in [1.165, 1.54) is 111 Å². The molecule has 3 fully saturated rings. The molecule has 15 heterocycles. The number of nitrogen functional groups attached to an aromatic ring is 3. The van der Waals surface area contributed by atoms with Crippen LogP contribution in [-0.4, -0.2) is 171 Å². The third-order valence-electron chi connectivity index (χ3n) is 25.9. The first-order chi connectivity index (χ1) is 62.9. The Kier molecular flexibility index (Phi) is 24.3. The number of fused-ring (bicyclic) bond motifs is 15. The summed E-state index contributed by atoms with van der Waals surface area (Å²) in [6.45, 7) is 36.0. The number of rotatable bonds is 12. The molecule has 9 aromatic heterocycles. The number of nitrogens with two attached hydrogens (primary N) is 3. The second-order valence-corrected chi connectivity index (χ2v) is 35.3. The number of amides is 4. The van der Waals surface area contributed by atoms with Crippen LogP contribution < -0.4 is 58.2 Å². The molecule has 6 unspecified atom stereocenters. The summed E-state index contributed by atoms with van der Waals surface area (Å²) < 4.78 is 104. The lowest BCUT2D eigenvalue weighted by Gasteiger charge is -2.49. The number of hydrogen-bond donors (Lipinski definition) is 3. The molecule has 6 aliphatic heterocycles. The molecule has 6 N–H and O–H groups in total. The fourth-order valence-corrected chi connectivity index (χ4v) is 19.5. The Balaban J connectivity index is 0.000000144. The van der Waals surface area contributed by atoms with Crippen molar-refractivity contribution in [1.29, 1.82) is 0 Å². The van der Waals surface area contributed by atoms with Crippen molar-refractivity contribution in [2.75, 3.05) is 89.7 Å². The molecule has 18 rings (SSSR count). The van der Waals surface area contributed by atoms with Gasteiger partial charge < -0.3 is 56.2 Å². The Morgan fingerprint density at radius 2 is 0.795 bits per heavy atom. The lowest BCUT2D eigenvalue weighted by molar-refractivity contribution is -0.131. The van der Waals surface area contributed by atoms with Crippen LogP contribution >= 0.6 is 0 Å². The molecule has 3 aromatic carbocycles. The molecule has 6 aliphatic rings. The molecule has 0 spiro atoms. The summed E-state index contributed by atoms with van der Waals surface area (Å²) in [6, 6.07) is 19.5. The minimum absolute atomic E-state index is 0.0139. The first-order valence-corrected chi connectivity index (χ1v) is 43.8. The van der Waals surface area contributed by atoms with E-state index in [1.54, 1.807) is 50.3 Å². The number of likely N-dealkylation sites (N-methyl/N-ethyl adjacent to an activating group) is 1. The van der Waals surface area contributed by atoms with E-state index in [2.05, 4.69) is 49.6 Å². The first-order valence-electron chi connectivity index (χ1n) is 43.8. The average molecular weight is 1800 g/mol. The number of benzene rings is 3. The Hall–Kier alpha value is -14.5. The van der Waals surface area contributed by atoms with Gasteiger partial charge in [-0.1, -0.05) is 79.5 Å². The first kappa shape index (κ1) is 90.8. The topological polar surface area (TPSA) is 322 Å². The van der Waals surface area contributed by atoms with Gasteiger partial charge in [0.2, 0.25) is 23.5 Å². The minimum Gasteiger partial charge on any atom is -0.486 e. The van der Waals surface area contributed by atoms with Gasteiger partial charge in [-0.2, -0.15) is 0 Å². The lowest BCUT2D eigenvalue weighted by Crippen LogP contribution is -2.66. The van der Waals surface area contributed by atoms with Crippen molar-refractivity contribution in [3.8, 4) is 56.6 Å². The van der Waals surface area contributed by atoms with Gasteiger partial charge >= 0.3 is 5.56 Å². The van der Waals surface area contributed by atoms with Gasteiger partial charge in [-0.3, -0.25) is 62.2 Å². The SMILES string of the molecule is C=CC(=O)N1CC2C(=O)N(C)c3c(c4cc(F)c(-c5c(N)cccc5F)nc4n(-c4c(C)ccnc4C(C)C)c3=O)N2CC1C.C=CC(=O)N1CC2CCOc3c(c4cc(F)c(-c5c(N)cccc5F)nc4n(-c4c(C)ccnc4C(C)C)c3=O)N2CC1C.C=CC(=O)N1CC2CCc3c(c4cc(F)c(-c5c(N)cccc5F)nc4n(-c4c(C)ccnc4C(C)C)c3=O)N2CC1C. The molecule has 0 aliphatic carbocycles. The van der Waals surface area contributed by atoms with Crippen LogP contribution in [0.2, 0.25) is 0 Å². The standard InChI is InChI=1S/C33H33F2N7O3.C33H34F2N6O3.C33H34F2N6O2/c1-7-24(43)40-15-23-32(44)39(6)30-29(41(23)14-18(40)5)19-13-21(35)27(25-20(34)9-8-10-22(25)36)38-31(19)42(33(30)45)28-17(4)11-12-37-26(28)16(2)3;1-6-25(42)39-16-20-11-13-44-31-30(40(20)15-19(39)5)21-14-23(35)28(26-22(34)8-7-9-24(26)36)38-32(21)41(33(31)43)29-18(4)10-12-37-27(29)17(2)3;1-6-26(42)39-16-20-10-11-21-31(40(20)15-19(39)5)22-14-24(35)29(27-23(34)8-7-9-25(27)36)38-32(22)41(33(21)43)30-18(4)12-13-37-28(30)17(2)3/h7-13,16,18,23H,1,14-15,36H2,2-6H3;6-10,12,14,17,19-20H,1,11,13,15-16,36H2,2-5H3;6-9,12-14,17,19-20H,1,10-11,15-16,36H2,2-5H3. The number of hydrogen-bond acceptors (Lipinski definition) is 20. The Morgan fingerprint density at radius 1 is 0.439 bits per heavy atom. The second kappa shape index (κ2) is 35.4. The molecular formula is C99H101F6N19O8. The fourth-order valence-electron chi connectivity index (χ4n) is 19.5. The average Bonchev–Trinajstić information content (AvgIpc) is 0.821. The van der Waals surface area contributed by atoms with Gasteiger partial charge in [0.05, 0.1) is 87.1 Å². The summed E-state index contributed by atoms with van der Waals surface area (Å²) in [5.74, 6) is -5.84. The quantitative estimate of drug-likeness (QED) is 0.0581. The monoisotopic (exact) mass is 1800 g/mol. The number of carbonyl (C=O) groups excluding carboxylic acids is 4. The number of aromatic nitrogens is 9. The van der Waals surface area contributed by atoms with E-state index in [-0.39, 0.29) is 176 Å². The highest BCUT2D eigenvalue weighted by Gasteiger charge is 2.48. The van der Waals surface area contributed by atoms with Gasteiger partial charge in [0.1, 0.15) is 51.9 Å². The predicted octanol–water partition coefficient (Wildman–Crippen LogP) is 14.7. The normalized spacial score (nSPS) is 18.0. The van der Waals surface area contributed by atoms with Crippen LogP contribution in [0.4, 0.5) is 66.2 Å². The van der Waals surface area contributed by atoms with Crippen molar-refractivity contribution in [2.24, 2.45) is 0 Å². The largest absolute Gasteiger partial charge is 0.486 e. The maximum absolute atomic E-state index is 16.2. The zero-order valence-electron chi connectivity index (χ0n) is 75.4. The summed E-state index contributed by atoms with van der Waals surface area (Å²) >= 11 is 0. The maximum Gasteiger partial charge on any atom is 0.301 e. The van der Waals surface area contributed by atoms with E-state index >= 15 is 26.3 Å². The zero-order chi connectivity index (χ0) is 94.7. The van der Waals surface area contributed by atoms with Crippen molar-refractivity contribution in [1.82, 2.24) is 58.3 Å². The Bertz CT molecular complexity index is 6990. The number of piperazine rings is 3. The van der Waals surface area contributed by atoms with E-state index in [9.17, 15) is 33.6 Å². The van der Waals surface area contributed by atoms with Gasteiger partial charge in [0, 0.05) is 128 Å². The van der Waals surface area contributed by atoms with Crippen molar-refractivity contribution in [3.05, 3.63) is 253 Å². The summed E-state index contributed by atoms with van der Waals surface area (Å²) in [5, 5.41) is 0.985. The summed E-state index contributed by atoms with van der Waals surface area (Å²) in [4.78, 5) is 136. The van der Waals surface area contributed by atoms with Crippen molar-refractivity contribution < 1.29 is 50.3 Å². The van der Waals surface area contributed by atoms with Crippen LogP contribution in [-0.2, 0) is 25.6 Å². The predicted molar refractivity (Wildman–Crippen MR) is 501 cm³/mol. The fraction of sp³-hybridized carbons (Fsp3) is 0.323. The van der Waals surface area contributed by atoms with Crippen LogP contribution in [0, 0.1) is 55.7 Å². The van der Waals surface area contributed by atoms with Gasteiger partial charge in [0.25, 0.3) is 17.0 Å². The third-order valence-corrected chi connectivity index (χ3v) is 25.9. The van der Waals surface area contributed by atoms with E-state index in [0.29, 0.717) is 119 Å². The maximum atomic E-state index is 16.2. The molecule has 33 heteroatoms. The molecule has 12 aromatic rings. The van der Waals surface area contributed by atoms with Gasteiger partial charge in [-0.15, -0.1) is 0 Å². The minimum atomic E-state index is -0.858. The molecule has 132 heavy (non-hydrogen) atoms. The van der Waals surface area contributed by atoms with Crippen LogP contribution in [0.3, 0.4) is 0 Å². The molecule has 0 saturated carbocycles. The molecule has 0 radical (unpaired) electrons. The van der Waals surface area contributed by atoms with Crippen LogP contribution in [0.15, 0.2) is 162 Å². The number of anilines is 7. The number of nitrogens with zero attached hydrogens (tertiary/aromatic N) is 16. The van der Waals surface area contributed by atoms with Gasteiger partial charge in [-0.25, -0.2) is 41.3 Å². The number of pyridine rings is 9. The highest BCUT2D eigenvalue weighted by Crippen LogP contribution is 2.48. The number of halogens is 6. The highest BCUT2D eigenvalue weighted by molar-refractivity contribution is 6.12. The summed E-state index contributed by atoms with van der Waals surface area (Å²) in [5.41, 5.74) is 23.5. The number of aryl methyl sites for hydroxylation is 3. The molecule has 682 valence electrons. The Morgan fingerprint density at radius 3 is 1.19 bits per heavy atom. The molecule has 27 nitrogen and oxygen atoms in total. The Labute approximate surface area is 756 Å². The van der Waals surface area contributed by atoms with Gasteiger partial charge in [-0.05, 0) is 180 Å². The number of carbonyl (C=O) groups is 4. The molecule has 6 atom stereocenters. The van der Waals surface area contributed by atoms with E-state index in [0.717, 1.165) is 17.2 Å². The van der Waals surface area contributed by atoms with Crippen molar-refractivity contribution in [2.45, 2.75) is 156 Å². The van der Waals surface area contributed by atoms with Gasteiger partial charge in [0.15, 0.2) is 28.7 Å². The van der Waals surface area contributed by atoms with Crippen LogP contribution in [0.5, 0.6) is 5.75 Å². The van der Waals surface area contributed by atoms with E-state index < -0.39 is 58.0 Å². The van der Waals surface area contributed by atoms with E-state index in [4.69, 9.17) is 26.9 Å². The summed E-state index contributed by atoms with van der Waals surface area (Å²) in [6.07, 6.45) is 10.4. The second-order valence-electron chi connectivity index (χ2n) is 35.3. The van der Waals surface area contributed by atoms with E-state index in [1.807, 2.05) is 94.1 Å². The molecular weight excluding hydrogens is 1700 g/mol. The van der Waals surface area contributed by atoms with Crippen LogP contribution in [0.1, 0.15) is 132 Å².